The predicted octanol–water partition coefficient (Wildman–Crippen LogP) is 2.92. The number of hydrogen-bond donors (Lipinski definition) is 3. The largest absolute Gasteiger partial charge is 0.507 e. The van der Waals surface area contributed by atoms with Gasteiger partial charge >= 0.3 is 0 Å². The number of nitrogens with one attached hydrogen (secondary N) is 2. The molecule has 0 bridgehead atoms. The maximum absolute atomic E-state index is 11.9. The van der Waals surface area contributed by atoms with E-state index >= 15 is 0 Å². The lowest BCUT2D eigenvalue weighted by molar-refractivity contribution is -0.111. The number of phenolic OH excluding ortho intramolecular Hbond substituents is 1. The van der Waals surface area contributed by atoms with Gasteiger partial charge in [0.1, 0.15) is 5.75 Å². The number of carbonyl (C=O) groups excluding carboxylic acids is 1. The number of H-pyrrole nitrogens is 1. The molecule has 1 aromatic heterocycles. The minimum Gasteiger partial charge on any atom is -0.507 e. The Bertz CT molecular complexity index is 821. The van der Waals surface area contributed by atoms with Gasteiger partial charge in [0.2, 0.25) is 5.91 Å². The maximum atomic E-state index is 11.9. The van der Waals surface area contributed by atoms with Crippen molar-refractivity contribution in [3.8, 4) is 5.75 Å². The number of hydrogen-bond acceptors (Lipinski definition) is 3. The summed E-state index contributed by atoms with van der Waals surface area (Å²) < 4.78 is 0. The standard InChI is InChI=1S/C16H13N3O2/c20-15-4-2-1-3-11(15)5-8-16(21)18-13-6-7-14-12(9-13)10-17-19-14/h1-10,20H,(H,17,19)(H,18,21). The average molecular weight is 279 g/mol. The Labute approximate surface area is 120 Å². The van der Waals surface area contributed by atoms with E-state index in [4.69, 9.17) is 0 Å². The van der Waals surface area contributed by atoms with Gasteiger partial charge in [0.25, 0.3) is 0 Å². The zero-order chi connectivity index (χ0) is 14.7. The molecule has 0 fully saturated rings. The van der Waals surface area contributed by atoms with Crippen LogP contribution in [0.15, 0.2) is 54.7 Å². The Hall–Kier alpha value is -3.08. The van der Waals surface area contributed by atoms with E-state index in [9.17, 15) is 9.90 Å². The Morgan fingerprint density at radius 1 is 1.24 bits per heavy atom. The third kappa shape index (κ3) is 2.92. The number of nitrogens with zero attached hydrogens (tertiary/aromatic N) is 1. The van der Waals surface area contributed by atoms with Crippen LogP contribution in [0.5, 0.6) is 5.75 Å². The van der Waals surface area contributed by atoms with E-state index in [2.05, 4.69) is 15.5 Å². The molecule has 0 radical (unpaired) electrons. The molecule has 5 heteroatoms. The molecular weight excluding hydrogens is 266 g/mol. The summed E-state index contributed by atoms with van der Waals surface area (Å²) in [7, 11) is 0. The molecule has 0 saturated carbocycles. The second kappa shape index (κ2) is 5.50. The molecule has 5 nitrogen and oxygen atoms in total. The van der Waals surface area contributed by atoms with Crippen LogP contribution in [0.3, 0.4) is 0 Å². The minimum absolute atomic E-state index is 0.140. The van der Waals surface area contributed by atoms with Gasteiger partial charge in [-0.25, -0.2) is 0 Å². The minimum atomic E-state index is -0.263. The topological polar surface area (TPSA) is 78.0 Å². The molecule has 1 amide bonds. The highest BCUT2D eigenvalue weighted by molar-refractivity contribution is 6.03. The number of carbonyl (C=O) groups is 1. The highest BCUT2D eigenvalue weighted by atomic mass is 16.3. The van der Waals surface area contributed by atoms with Gasteiger partial charge in [-0.2, -0.15) is 5.10 Å². The van der Waals surface area contributed by atoms with Gasteiger partial charge in [-0.1, -0.05) is 18.2 Å². The fourth-order valence-corrected chi connectivity index (χ4v) is 2.00. The van der Waals surface area contributed by atoms with Crippen molar-refractivity contribution < 1.29 is 9.90 Å². The fourth-order valence-electron chi connectivity index (χ4n) is 2.00. The Morgan fingerprint density at radius 3 is 2.95 bits per heavy atom. The summed E-state index contributed by atoms with van der Waals surface area (Å²) in [5, 5.41) is 20.1. The summed E-state index contributed by atoms with van der Waals surface area (Å²) in [5.41, 5.74) is 2.20. The van der Waals surface area contributed by atoms with E-state index < -0.39 is 0 Å². The van der Waals surface area contributed by atoms with Gasteiger partial charge in [0, 0.05) is 22.7 Å². The van der Waals surface area contributed by atoms with E-state index in [1.807, 2.05) is 12.1 Å². The summed E-state index contributed by atoms with van der Waals surface area (Å²) in [4.78, 5) is 11.9. The molecule has 0 unspecified atom stereocenters. The van der Waals surface area contributed by atoms with E-state index in [0.29, 0.717) is 11.3 Å². The predicted molar refractivity (Wildman–Crippen MR) is 81.9 cm³/mol. The molecule has 3 N–H and O–H groups in total. The lowest BCUT2D eigenvalue weighted by Crippen LogP contribution is -2.07. The first kappa shape index (κ1) is 12.9. The number of rotatable bonds is 3. The first-order valence-electron chi connectivity index (χ1n) is 6.42. The molecule has 0 atom stereocenters. The number of benzene rings is 2. The molecule has 1 heterocycles. The lowest BCUT2D eigenvalue weighted by Gasteiger charge is -2.02. The Kier molecular flexibility index (Phi) is 3.39. The van der Waals surface area contributed by atoms with Crippen LogP contribution in [0.25, 0.3) is 17.0 Å². The monoisotopic (exact) mass is 279 g/mol. The summed E-state index contributed by atoms with van der Waals surface area (Å²) in [6.07, 6.45) is 4.65. The van der Waals surface area contributed by atoms with Gasteiger partial charge in [0.05, 0.1) is 11.7 Å². The summed E-state index contributed by atoms with van der Waals surface area (Å²) in [5.74, 6) is -0.123. The first-order chi connectivity index (χ1) is 10.2. The Balaban J connectivity index is 1.72. The lowest BCUT2D eigenvalue weighted by atomic mass is 10.2. The number of aromatic hydroxyl groups is 1. The van der Waals surface area contributed by atoms with Gasteiger partial charge in [-0.05, 0) is 30.3 Å². The second-order valence-corrected chi connectivity index (χ2v) is 4.55. The van der Waals surface area contributed by atoms with Crippen LogP contribution in [0.2, 0.25) is 0 Å². The van der Waals surface area contributed by atoms with Gasteiger partial charge in [0.15, 0.2) is 0 Å². The highest BCUT2D eigenvalue weighted by Gasteiger charge is 2.01. The van der Waals surface area contributed by atoms with Crippen LogP contribution < -0.4 is 5.32 Å². The molecule has 0 spiro atoms. The van der Waals surface area contributed by atoms with Crippen LogP contribution in [0.4, 0.5) is 5.69 Å². The van der Waals surface area contributed by atoms with E-state index in [0.717, 1.165) is 10.9 Å². The number of aromatic nitrogens is 2. The maximum Gasteiger partial charge on any atom is 0.248 e. The summed E-state index contributed by atoms with van der Waals surface area (Å²) in [6.45, 7) is 0. The van der Waals surface area contributed by atoms with E-state index in [1.165, 1.54) is 6.08 Å². The van der Waals surface area contributed by atoms with Crippen molar-refractivity contribution in [1.82, 2.24) is 10.2 Å². The number of fused-ring (bicyclic) bond motifs is 1. The number of para-hydroxylation sites is 1. The summed E-state index contributed by atoms with van der Waals surface area (Å²) in [6, 6.07) is 12.3. The van der Waals surface area contributed by atoms with Gasteiger partial charge < -0.3 is 10.4 Å². The zero-order valence-corrected chi connectivity index (χ0v) is 11.1. The molecule has 0 aliphatic carbocycles. The average Bonchev–Trinajstić information content (AvgIpc) is 2.94. The fraction of sp³-hybridized carbons (Fsp3) is 0. The van der Waals surface area contributed by atoms with Gasteiger partial charge in [-0.3, -0.25) is 9.89 Å². The molecule has 2 aromatic carbocycles. The number of amides is 1. The highest BCUT2D eigenvalue weighted by Crippen LogP contribution is 2.18. The van der Waals surface area contributed by atoms with Crippen LogP contribution in [0, 0.1) is 0 Å². The van der Waals surface area contributed by atoms with Crippen molar-refractivity contribution >= 4 is 28.6 Å². The van der Waals surface area contributed by atoms with E-state index in [-0.39, 0.29) is 11.7 Å². The third-order valence-electron chi connectivity index (χ3n) is 3.06. The number of anilines is 1. The first-order valence-corrected chi connectivity index (χ1v) is 6.42. The normalized spacial score (nSPS) is 11.0. The molecule has 0 aliphatic rings. The molecular formula is C16H13N3O2. The van der Waals surface area contributed by atoms with Crippen molar-refractivity contribution in [3.63, 3.8) is 0 Å². The molecule has 3 aromatic rings. The van der Waals surface area contributed by atoms with Crippen LogP contribution in [0.1, 0.15) is 5.56 Å². The molecule has 21 heavy (non-hydrogen) atoms. The van der Waals surface area contributed by atoms with Crippen molar-refractivity contribution in [2.45, 2.75) is 0 Å². The van der Waals surface area contributed by atoms with Crippen LogP contribution in [-0.4, -0.2) is 21.2 Å². The van der Waals surface area contributed by atoms with Crippen molar-refractivity contribution in [3.05, 3.63) is 60.3 Å². The van der Waals surface area contributed by atoms with Crippen LogP contribution in [-0.2, 0) is 4.79 Å². The SMILES string of the molecule is O=C(C=Cc1ccccc1O)Nc1ccc2[nH]ncc2c1. The Morgan fingerprint density at radius 2 is 2.10 bits per heavy atom. The number of phenols is 1. The van der Waals surface area contributed by atoms with Crippen LogP contribution >= 0.6 is 0 Å². The van der Waals surface area contributed by atoms with Gasteiger partial charge in [-0.15, -0.1) is 0 Å². The molecule has 0 aliphatic heterocycles. The van der Waals surface area contributed by atoms with Crippen molar-refractivity contribution in [1.29, 1.82) is 0 Å². The van der Waals surface area contributed by atoms with Crippen molar-refractivity contribution in [2.75, 3.05) is 5.32 Å². The smallest absolute Gasteiger partial charge is 0.248 e. The zero-order valence-electron chi connectivity index (χ0n) is 11.1. The quantitative estimate of drug-likeness (QED) is 0.645. The summed E-state index contributed by atoms with van der Waals surface area (Å²) >= 11 is 0. The van der Waals surface area contributed by atoms with E-state index in [1.54, 1.807) is 42.6 Å². The molecule has 0 saturated heterocycles. The molecule has 3 rings (SSSR count). The van der Waals surface area contributed by atoms with Crippen molar-refractivity contribution in [2.24, 2.45) is 0 Å². The second-order valence-electron chi connectivity index (χ2n) is 4.55. The number of aromatic amines is 1. The third-order valence-corrected chi connectivity index (χ3v) is 3.06. The molecule has 104 valence electrons.